The Balaban J connectivity index is 1.54. The number of carbonyl (C=O) groups is 3. The molecule has 4 amide bonds. The molecule has 170 valence electrons. The van der Waals surface area contributed by atoms with E-state index in [4.69, 9.17) is 4.52 Å². The summed E-state index contributed by atoms with van der Waals surface area (Å²) in [6, 6.07) is 13.5. The summed E-state index contributed by atoms with van der Waals surface area (Å²) < 4.78 is 19.7. The van der Waals surface area contributed by atoms with Gasteiger partial charge in [-0.15, -0.1) is 0 Å². The normalized spacial score (nSPS) is 17.5. The minimum Gasteiger partial charge on any atom is -0.335 e. The van der Waals surface area contributed by atoms with E-state index in [0.717, 1.165) is 0 Å². The van der Waals surface area contributed by atoms with Crippen molar-refractivity contribution in [2.24, 2.45) is 0 Å². The number of aromatic nitrogens is 2. The van der Waals surface area contributed by atoms with Crippen molar-refractivity contribution in [1.82, 2.24) is 20.8 Å². The van der Waals surface area contributed by atoms with Crippen LogP contribution in [0.2, 0.25) is 0 Å². The van der Waals surface area contributed by atoms with Crippen molar-refractivity contribution in [3.05, 3.63) is 77.2 Å². The van der Waals surface area contributed by atoms with Gasteiger partial charge in [-0.05, 0) is 49.7 Å². The third-order valence-corrected chi connectivity index (χ3v) is 5.75. The van der Waals surface area contributed by atoms with Crippen LogP contribution in [0, 0.1) is 12.7 Å². The maximum absolute atomic E-state index is 14.4. The number of halogens is 1. The van der Waals surface area contributed by atoms with Gasteiger partial charge in [0.15, 0.2) is 0 Å². The molecular formula is C24H18FN5O4. The average molecular weight is 459 g/mol. The third-order valence-electron chi connectivity index (χ3n) is 5.75. The van der Waals surface area contributed by atoms with Crippen molar-refractivity contribution in [1.29, 1.82) is 0 Å². The van der Waals surface area contributed by atoms with Crippen LogP contribution >= 0.6 is 0 Å². The zero-order valence-corrected chi connectivity index (χ0v) is 18.1. The molecule has 1 aliphatic rings. The minimum atomic E-state index is -1.27. The van der Waals surface area contributed by atoms with Gasteiger partial charge in [0.25, 0.3) is 17.5 Å². The lowest BCUT2D eigenvalue weighted by molar-refractivity contribution is -0.123. The number of imide groups is 1. The number of pyridine rings is 1. The van der Waals surface area contributed by atoms with Crippen LogP contribution in [0.25, 0.3) is 22.4 Å². The van der Waals surface area contributed by atoms with Crippen LogP contribution in [0.5, 0.6) is 0 Å². The number of fused-ring (bicyclic) bond motifs is 1. The van der Waals surface area contributed by atoms with Gasteiger partial charge in [-0.25, -0.2) is 14.2 Å². The fourth-order valence-electron chi connectivity index (χ4n) is 3.93. The number of urea groups is 1. The summed E-state index contributed by atoms with van der Waals surface area (Å²) in [7, 11) is 0. The van der Waals surface area contributed by atoms with E-state index in [1.165, 1.54) is 12.1 Å². The predicted octanol–water partition coefficient (Wildman–Crippen LogP) is 3.64. The Morgan fingerprint density at radius 3 is 2.65 bits per heavy atom. The molecule has 9 nitrogen and oxygen atoms in total. The van der Waals surface area contributed by atoms with E-state index in [1.807, 2.05) is 0 Å². The number of nitrogens with one attached hydrogen (secondary N) is 3. The molecule has 2 aromatic carbocycles. The Hall–Kier alpha value is -4.60. The van der Waals surface area contributed by atoms with Gasteiger partial charge in [-0.3, -0.25) is 14.9 Å². The van der Waals surface area contributed by atoms with Gasteiger partial charge in [0.1, 0.15) is 11.4 Å². The first kappa shape index (κ1) is 21.3. The van der Waals surface area contributed by atoms with Crippen LogP contribution in [0.15, 0.2) is 59.1 Å². The molecule has 4 aromatic rings. The number of hydrogen-bond acceptors (Lipinski definition) is 6. The molecule has 0 bridgehead atoms. The summed E-state index contributed by atoms with van der Waals surface area (Å²) in [5.74, 6) is -1.49. The van der Waals surface area contributed by atoms with E-state index in [2.05, 4.69) is 26.1 Å². The molecule has 0 radical (unpaired) electrons. The fourth-order valence-corrected chi connectivity index (χ4v) is 3.93. The second-order valence-corrected chi connectivity index (χ2v) is 8.05. The van der Waals surface area contributed by atoms with Gasteiger partial charge < -0.3 is 15.2 Å². The van der Waals surface area contributed by atoms with E-state index in [9.17, 15) is 18.8 Å². The molecule has 1 saturated heterocycles. The number of carbonyl (C=O) groups excluding carboxylic acids is 3. The first-order chi connectivity index (χ1) is 16.3. The van der Waals surface area contributed by atoms with Gasteiger partial charge in [0.2, 0.25) is 0 Å². The summed E-state index contributed by atoms with van der Waals surface area (Å²) in [5, 5.41) is 11.9. The average Bonchev–Trinajstić information content (AvgIpc) is 3.32. The molecule has 3 N–H and O–H groups in total. The number of nitrogens with zero attached hydrogens (tertiary/aromatic N) is 2. The molecule has 10 heteroatoms. The van der Waals surface area contributed by atoms with Crippen molar-refractivity contribution >= 4 is 34.6 Å². The molecule has 0 spiro atoms. The van der Waals surface area contributed by atoms with Gasteiger partial charge in [0, 0.05) is 11.3 Å². The van der Waals surface area contributed by atoms with Crippen LogP contribution in [0.4, 0.5) is 14.9 Å². The molecular weight excluding hydrogens is 441 g/mol. The number of hydrogen-bond donors (Lipinski definition) is 3. The molecule has 0 aliphatic carbocycles. The highest BCUT2D eigenvalue weighted by Gasteiger charge is 2.43. The second kappa shape index (κ2) is 7.77. The standard InChI is InChI=1S/C24H18FN5O4/c1-12-19-16(11-18(27-21(19)34-30-12)15-8-3-4-9-17(15)25)20(31)26-14-7-5-6-13(10-14)24(2)22(32)28-23(33)29-24/h3-11H,1-2H3,(H,26,31)(H2,28,29,32,33)/t24-/m1/s1. The van der Waals surface area contributed by atoms with Crippen molar-refractivity contribution in [2.45, 2.75) is 19.4 Å². The highest BCUT2D eigenvalue weighted by Crippen LogP contribution is 2.30. The molecule has 0 unspecified atom stereocenters. The van der Waals surface area contributed by atoms with Crippen molar-refractivity contribution in [3.8, 4) is 11.3 Å². The predicted molar refractivity (Wildman–Crippen MR) is 120 cm³/mol. The van der Waals surface area contributed by atoms with Crippen molar-refractivity contribution in [3.63, 3.8) is 0 Å². The molecule has 0 saturated carbocycles. The van der Waals surface area contributed by atoms with Crippen LogP contribution in [-0.2, 0) is 10.3 Å². The Bertz CT molecular complexity index is 1500. The minimum absolute atomic E-state index is 0.106. The summed E-state index contributed by atoms with van der Waals surface area (Å²) >= 11 is 0. The molecule has 5 rings (SSSR count). The van der Waals surface area contributed by atoms with Gasteiger partial charge in [-0.1, -0.05) is 29.4 Å². The molecule has 3 heterocycles. The van der Waals surface area contributed by atoms with E-state index in [0.29, 0.717) is 22.3 Å². The summed E-state index contributed by atoms with van der Waals surface area (Å²) in [6.07, 6.45) is 0. The third kappa shape index (κ3) is 3.45. The number of benzene rings is 2. The number of anilines is 1. The van der Waals surface area contributed by atoms with E-state index in [-0.39, 0.29) is 22.5 Å². The smallest absolute Gasteiger partial charge is 0.322 e. The summed E-state index contributed by atoms with van der Waals surface area (Å²) in [4.78, 5) is 41.6. The van der Waals surface area contributed by atoms with Crippen molar-refractivity contribution in [2.75, 3.05) is 5.32 Å². The highest BCUT2D eigenvalue weighted by atomic mass is 19.1. The number of amides is 4. The van der Waals surface area contributed by atoms with Crippen LogP contribution < -0.4 is 16.0 Å². The SMILES string of the molecule is Cc1noc2nc(-c3ccccc3F)cc(C(=O)Nc3cccc([C@@]4(C)NC(=O)NC4=O)c3)c12. The lowest BCUT2D eigenvalue weighted by Crippen LogP contribution is -2.40. The summed E-state index contributed by atoms with van der Waals surface area (Å²) in [6.45, 7) is 3.25. The molecule has 34 heavy (non-hydrogen) atoms. The van der Waals surface area contributed by atoms with Crippen LogP contribution in [0.1, 0.15) is 28.5 Å². The number of rotatable bonds is 4. The maximum Gasteiger partial charge on any atom is 0.322 e. The van der Waals surface area contributed by atoms with Gasteiger partial charge in [-0.2, -0.15) is 0 Å². The first-order valence-corrected chi connectivity index (χ1v) is 10.3. The highest BCUT2D eigenvalue weighted by molar-refractivity contribution is 6.13. The van der Waals surface area contributed by atoms with Crippen LogP contribution in [0.3, 0.4) is 0 Å². The quantitative estimate of drug-likeness (QED) is 0.400. The molecule has 2 aromatic heterocycles. The number of aryl methyl sites for hydroxylation is 1. The van der Waals surface area contributed by atoms with E-state index >= 15 is 0 Å². The zero-order valence-electron chi connectivity index (χ0n) is 18.1. The Kier molecular flexibility index (Phi) is 4.85. The topological polar surface area (TPSA) is 126 Å². The van der Waals surface area contributed by atoms with Crippen LogP contribution in [-0.4, -0.2) is 28.0 Å². The lowest BCUT2D eigenvalue weighted by Gasteiger charge is -2.21. The monoisotopic (exact) mass is 459 g/mol. The first-order valence-electron chi connectivity index (χ1n) is 10.3. The van der Waals surface area contributed by atoms with Crippen molar-refractivity contribution < 1.29 is 23.3 Å². The fraction of sp³-hybridized carbons (Fsp3) is 0.125. The largest absolute Gasteiger partial charge is 0.335 e. The Morgan fingerprint density at radius 2 is 1.91 bits per heavy atom. The Labute approximate surface area is 192 Å². The molecule has 1 fully saturated rings. The lowest BCUT2D eigenvalue weighted by atomic mass is 9.92. The molecule has 1 aliphatic heterocycles. The Morgan fingerprint density at radius 1 is 1.12 bits per heavy atom. The summed E-state index contributed by atoms with van der Waals surface area (Å²) in [5.41, 5.74) is 0.805. The maximum atomic E-state index is 14.4. The van der Waals surface area contributed by atoms with Gasteiger partial charge in [0.05, 0.1) is 22.3 Å². The van der Waals surface area contributed by atoms with E-state index < -0.39 is 29.2 Å². The van der Waals surface area contributed by atoms with Gasteiger partial charge >= 0.3 is 6.03 Å². The zero-order chi connectivity index (χ0) is 24.0. The van der Waals surface area contributed by atoms with E-state index in [1.54, 1.807) is 56.3 Å². The molecule has 1 atom stereocenters. The second-order valence-electron chi connectivity index (χ2n) is 8.05.